The van der Waals surface area contributed by atoms with E-state index in [1.807, 2.05) is 13.8 Å². The van der Waals surface area contributed by atoms with Crippen LogP contribution in [0.15, 0.2) is 12.1 Å². The van der Waals surface area contributed by atoms with Crippen molar-refractivity contribution in [2.45, 2.75) is 26.0 Å². The first-order valence-corrected chi connectivity index (χ1v) is 6.86. The van der Waals surface area contributed by atoms with E-state index in [0.29, 0.717) is 35.6 Å². The van der Waals surface area contributed by atoms with Crippen molar-refractivity contribution in [3.05, 3.63) is 12.1 Å². The third-order valence-corrected chi connectivity index (χ3v) is 2.84. The number of benzene rings is 1. The molecular formula is C15H25NO5. The van der Waals surface area contributed by atoms with E-state index in [0.717, 1.165) is 0 Å². The standard InChI is InChI=1S/C15H25NO5/c1-10(2)16-8-11(17)9-21-12-6-13(18-3)15(20-5)14(7-12)19-4/h6-7,10-11,16-17H,8-9H2,1-5H3. The zero-order valence-corrected chi connectivity index (χ0v) is 13.3. The fraction of sp³-hybridized carbons (Fsp3) is 0.600. The van der Waals surface area contributed by atoms with Gasteiger partial charge in [-0.15, -0.1) is 0 Å². The van der Waals surface area contributed by atoms with Crippen LogP contribution in [-0.2, 0) is 0 Å². The molecule has 0 aromatic heterocycles. The van der Waals surface area contributed by atoms with E-state index in [9.17, 15) is 5.11 Å². The van der Waals surface area contributed by atoms with Gasteiger partial charge < -0.3 is 29.4 Å². The maximum absolute atomic E-state index is 9.84. The van der Waals surface area contributed by atoms with Crippen molar-refractivity contribution in [3.63, 3.8) is 0 Å². The molecule has 1 aromatic carbocycles. The summed E-state index contributed by atoms with van der Waals surface area (Å²) < 4.78 is 21.3. The number of nitrogens with one attached hydrogen (secondary N) is 1. The van der Waals surface area contributed by atoms with Gasteiger partial charge in [-0.3, -0.25) is 0 Å². The Morgan fingerprint density at radius 2 is 1.62 bits per heavy atom. The molecule has 1 aromatic rings. The van der Waals surface area contributed by atoms with E-state index in [1.54, 1.807) is 33.5 Å². The maximum Gasteiger partial charge on any atom is 0.203 e. The van der Waals surface area contributed by atoms with E-state index < -0.39 is 6.10 Å². The zero-order chi connectivity index (χ0) is 15.8. The van der Waals surface area contributed by atoms with Crippen LogP contribution in [0.5, 0.6) is 23.0 Å². The molecule has 21 heavy (non-hydrogen) atoms. The Hall–Kier alpha value is -1.66. The summed E-state index contributed by atoms with van der Waals surface area (Å²) in [5, 5.41) is 13.0. The van der Waals surface area contributed by atoms with Gasteiger partial charge in [-0.2, -0.15) is 0 Å². The van der Waals surface area contributed by atoms with Crippen LogP contribution < -0.4 is 24.3 Å². The summed E-state index contributed by atoms with van der Waals surface area (Å²) in [4.78, 5) is 0. The molecule has 0 spiro atoms. The molecule has 0 aliphatic heterocycles. The third kappa shape index (κ3) is 5.32. The van der Waals surface area contributed by atoms with Crippen LogP contribution in [0.25, 0.3) is 0 Å². The molecule has 6 nitrogen and oxygen atoms in total. The smallest absolute Gasteiger partial charge is 0.203 e. The second-order valence-corrected chi connectivity index (χ2v) is 4.89. The molecule has 2 N–H and O–H groups in total. The van der Waals surface area contributed by atoms with Crippen molar-refractivity contribution >= 4 is 0 Å². The van der Waals surface area contributed by atoms with Gasteiger partial charge in [0.25, 0.3) is 0 Å². The van der Waals surface area contributed by atoms with E-state index >= 15 is 0 Å². The average molecular weight is 299 g/mol. The molecule has 0 bridgehead atoms. The number of hydrogen-bond acceptors (Lipinski definition) is 6. The molecule has 120 valence electrons. The summed E-state index contributed by atoms with van der Waals surface area (Å²) in [6.07, 6.45) is -0.591. The average Bonchev–Trinajstić information content (AvgIpc) is 2.49. The highest BCUT2D eigenvalue weighted by atomic mass is 16.5. The predicted molar refractivity (Wildman–Crippen MR) is 80.7 cm³/mol. The summed E-state index contributed by atoms with van der Waals surface area (Å²) in [6, 6.07) is 3.72. The lowest BCUT2D eigenvalue weighted by Gasteiger charge is -2.17. The van der Waals surface area contributed by atoms with Gasteiger partial charge in [0, 0.05) is 24.7 Å². The number of aliphatic hydroxyl groups is 1. The Balaban J connectivity index is 2.71. The van der Waals surface area contributed by atoms with Crippen LogP contribution in [-0.4, -0.2) is 51.7 Å². The minimum Gasteiger partial charge on any atom is -0.493 e. The number of ether oxygens (including phenoxy) is 4. The molecule has 6 heteroatoms. The van der Waals surface area contributed by atoms with Crippen molar-refractivity contribution < 1.29 is 24.1 Å². The summed E-state index contributed by atoms with van der Waals surface area (Å²) in [6.45, 7) is 4.69. The molecule has 1 unspecified atom stereocenters. The fourth-order valence-corrected chi connectivity index (χ4v) is 1.76. The number of aliphatic hydroxyl groups excluding tert-OH is 1. The lowest BCUT2D eigenvalue weighted by atomic mass is 10.2. The highest BCUT2D eigenvalue weighted by molar-refractivity contribution is 5.55. The highest BCUT2D eigenvalue weighted by Crippen LogP contribution is 2.40. The molecule has 0 amide bonds. The maximum atomic E-state index is 9.84. The molecule has 0 fully saturated rings. The van der Waals surface area contributed by atoms with E-state index in [-0.39, 0.29) is 6.61 Å². The van der Waals surface area contributed by atoms with Crippen molar-refractivity contribution in [2.24, 2.45) is 0 Å². The Bertz CT molecular complexity index is 411. The quantitative estimate of drug-likeness (QED) is 0.719. The second-order valence-electron chi connectivity index (χ2n) is 4.89. The van der Waals surface area contributed by atoms with Crippen LogP contribution >= 0.6 is 0 Å². The zero-order valence-electron chi connectivity index (χ0n) is 13.3. The predicted octanol–water partition coefficient (Wildman–Crippen LogP) is 1.45. The number of rotatable bonds is 9. The van der Waals surface area contributed by atoms with Gasteiger partial charge in [0.2, 0.25) is 5.75 Å². The van der Waals surface area contributed by atoms with Crippen LogP contribution in [0.1, 0.15) is 13.8 Å². The summed E-state index contributed by atoms with van der Waals surface area (Å²) >= 11 is 0. The van der Waals surface area contributed by atoms with Gasteiger partial charge in [0.1, 0.15) is 18.5 Å². The Labute approximate surface area is 126 Å². The van der Waals surface area contributed by atoms with Gasteiger partial charge >= 0.3 is 0 Å². The monoisotopic (exact) mass is 299 g/mol. The molecule has 0 radical (unpaired) electrons. The number of methoxy groups -OCH3 is 3. The minimum atomic E-state index is -0.591. The largest absolute Gasteiger partial charge is 0.493 e. The van der Waals surface area contributed by atoms with E-state index in [1.165, 1.54) is 0 Å². The number of hydrogen-bond donors (Lipinski definition) is 2. The lowest BCUT2D eigenvalue weighted by Crippen LogP contribution is -2.35. The summed E-state index contributed by atoms with van der Waals surface area (Å²) in [5.74, 6) is 2.09. The molecule has 0 heterocycles. The second kappa shape index (κ2) is 8.59. The van der Waals surface area contributed by atoms with Crippen molar-refractivity contribution in [1.29, 1.82) is 0 Å². The van der Waals surface area contributed by atoms with Gasteiger partial charge in [-0.1, -0.05) is 13.8 Å². The minimum absolute atomic E-state index is 0.179. The first-order valence-electron chi connectivity index (χ1n) is 6.86. The fourth-order valence-electron chi connectivity index (χ4n) is 1.76. The van der Waals surface area contributed by atoms with E-state index in [2.05, 4.69) is 5.32 Å². The Kier molecular flexibility index (Phi) is 7.11. The van der Waals surface area contributed by atoms with Crippen molar-refractivity contribution in [3.8, 4) is 23.0 Å². The highest BCUT2D eigenvalue weighted by Gasteiger charge is 2.14. The summed E-state index contributed by atoms with van der Waals surface area (Å²) in [7, 11) is 4.63. The van der Waals surface area contributed by atoms with Crippen molar-refractivity contribution in [1.82, 2.24) is 5.32 Å². The molecule has 0 aliphatic carbocycles. The molecular weight excluding hydrogens is 274 g/mol. The Morgan fingerprint density at radius 1 is 1.05 bits per heavy atom. The van der Waals surface area contributed by atoms with Crippen LogP contribution in [0.3, 0.4) is 0 Å². The van der Waals surface area contributed by atoms with Gasteiger partial charge in [-0.25, -0.2) is 0 Å². The molecule has 0 saturated carbocycles. The molecule has 0 aliphatic rings. The van der Waals surface area contributed by atoms with Gasteiger partial charge in [-0.05, 0) is 0 Å². The topological polar surface area (TPSA) is 69.2 Å². The van der Waals surface area contributed by atoms with Gasteiger partial charge in [0.15, 0.2) is 11.5 Å². The van der Waals surface area contributed by atoms with Crippen molar-refractivity contribution in [2.75, 3.05) is 34.5 Å². The summed E-state index contributed by atoms with van der Waals surface area (Å²) in [5.41, 5.74) is 0. The third-order valence-electron chi connectivity index (χ3n) is 2.84. The first-order chi connectivity index (χ1) is 10.0. The normalized spacial score (nSPS) is 12.1. The van der Waals surface area contributed by atoms with Crippen LogP contribution in [0.4, 0.5) is 0 Å². The van der Waals surface area contributed by atoms with Gasteiger partial charge in [0.05, 0.1) is 21.3 Å². The van der Waals surface area contributed by atoms with Crippen LogP contribution in [0.2, 0.25) is 0 Å². The van der Waals surface area contributed by atoms with Crippen LogP contribution in [0, 0.1) is 0 Å². The van der Waals surface area contributed by atoms with E-state index in [4.69, 9.17) is 18.9 Å². The SMILES string of the molecule is COc1cc(OCC(O)CNC(C)C)cc(OC)c1OC. The first kappa shape index (κ1) is 17.4. The molecule has 1 rings (SSSR count). The lowest BCUT2D eigenvalue weighted by molar-refractivity contribution is 0.104. The Morgan fingerprint density at radius 3 is 2.05 bits per heavy atom. The molecule has 0 saturated heterocycles. The molecule has 1 atom stereocenters.